The van der Waals surface area contributed by atoms with Crippen molar-refractivity contribution in [1.82, 2.24) is 10.6 Å². The van der Waals surface area contributed by atoms with Crippen molar-refractivity contribution in [2.75, 3.05) is 20.3 Å². The SMILES string of the molecule is CCN=C(NC(C)COC)NC1CC1C1CCCCC1. The van der Waals surface area contributed by atoms with Crippen LogP contribution in [-0.4, -0.2) is 38.3 Å². The molecule has 3 atom stereocenters. The van der Waals surface area contributed by atoms with Gasteiger partial charge in [-0.15, -0.1) is 0 Å². The highest BCUT2D eigenvalue weighted by molar-refractivity contribution is 5.80. The molecule has 0 amide bonds. The molecule has 20 heavy (non-hydrogen) atoms. The summed E-state index contributed by atoms with van der Waals surface area (Å²) in [6.07, 6.45) is 8.53. The van der Waals surface area contributed by atoms with Gasteiger partial charge < -0.3 is 15.4 Å². The monoisotopic (exact) mass is 281 g/mol. The van der Waals surface area contributed by atoms with E-state index in [1.165, 1.54) is 38.5 Å². The lowest BCUT2D eigenvalue weighted by Crippen LogP contribution is -2.45. The van der Waals surface area contributed by atoms with Gasteiger partial charge in [0.15, 0.2) is 5.96 Å². The lowest BCUT2D eigenvalue weighted by atomic mass is 9.85. The predicted molar refractivity (Wildman–Crippen MR) is 84.1 cm³/mol. The van der Waals surface area contributed by atoms with E-state index in [4.69, 9.17) is 4.74 Å². The molecular formula is C16H31N3O. The first-order valence-corrected chi connectivity index (χ1v) is 8.31. The number of nitrogens with one attached hydrogen (secondary N) is 2. The molecule has 2 saturated carbocycles. The number of methoxy groups -OCH3 is 1. The summed E-state index contributed by atoms with van der Waals surface area (Å²) < 4.78 is 5.17. The van der Waals surface area contributed by atoms with Crippen LogP contribution in [-0.2, 0) is 4.74 Å². The maximum Gasteiger partial charge on any atom is 0.191 e. The Hall–Kier alpha value is -0.770. The predicted octanol–water partition coefficient (Wildman–Crippen LogP) is 2.55. The van der Waals surface area contributed by atoms with Crippen LogP contribution in [0.2, 0.25) is 0 Å². The van der Waals surface area contributed by atoms with Crippen molar-refractivity contribution in [2.45, 2.75) is 64.5 Å². The Morgan fingerprint density at radius 1 is 1.30 bits per heavy atom. The third-order valence-electron chi connectivity index (χ3n) is 4.53. The van der Waals surface area contributed by atoms with E-state index in [1.54, 1.807) is 7.11 Å². The van der Waals surface area contributed by atoms with Gasteiger partial charge in [-0.3, -0.25) is 4.99 Å². The molecule has 0 saturated heterocycles. The molecule has 0 aliphatic heterocycles. The molecule has 4 nitrogen and oxygen atoms in total. The Labute approximate surface area is 123 Å². The van der Waals surface area contributed by atoms with Gasteiger partial charge in [0.05, 0.1) is 6.61 Å². The van der Waals surface area contributed by atoms with Gasteiger partial charge in [0.1, 0.15) is 0 Å². The third kappa shape index (κ3) is 4.65. The molecule has 2 N–H and O–H groups in total. The molecule has 0 aromatic carbocycles. The number of nitrogens with zero attached hydrogens (tertiary/aromatic N) is 1. The second-order valence-electron chi connectivity index (χ2n) is 6.37. The first-order valence-electron chi connectivity index (χ1n) is 8.31. The van der Waals surface area contributed by atoms with Crippen molar-refractivity contribution in [3.63, 3.8) is 0 Å². The van der Waals surface area contributed by atoms with Gasteiger partial charge in [-0.2, -0.15) is 0 Å². The summed E-state index contributed by atoms with van der Waals surface area (Å²) in [5, 5.41) is 7.04. The minimum atomic E-state index is 0.296. The number of guanidine groups is 1. The van der Waals surface area contributed by atoms with Gasteiger partial charge in [-0.05, 0) is 32.1 Å². The zero-order valence-electron chi connectivity index (χ0n) is 13.3. The summed E-state index contributed by atoms with van der Waals surface area (Å²) in [5.74, 6) is 2.80. The Bertz CT molecular complexity index is 313. The maximum atomic E-state index is 5.17. The summed E-state index contributed by atoms with van der Waals surface area (Å²) in [6, 6.07) is 0.940. The normalized spacial score (nSPS) is 29.1. The molecule has 2 aliphatic carbocycles. The molecule has 0 aromatic heterocycles. The molecule has 116 valence electrons. The first-order chi connectivity index (χ1) is 9.74. The highest BCUT2D eigenvalue weighted by Crippen LogP contribution is 2.44. The lowest BCUT2D eigenvalue weighted by Gasteiger charge is -2.22. The fraction of sp³-hybridized carbons (Fsp3) is 0.938. The standard InChI is InChI=1S/C16H31N3O/c1-4-17-16(18-12(2)11-20-3)19-15-10-14(15)13-8-6-5-7-9-13/h12-15H,4-11H2,1-3H3,(H2,17,18,19). The molecule has 0 radical (unpaired) electrons. The van der Waals surface area contributed by atoms with Crippen LogP contribution in [0.5, 0.6) is 0 Å². The van der Waals surface area contributed by atoms with Crippen LogP contribution >= 0.6 is 0 Å². The molecule has 0 bridgehead atoms. The average Bonchev–Trinajstić information content (AvgIpc) is 3.19. The minimum absolute atomic E-state index is 0.296. The van der Waals surface area contributed by atoms with Gasteiger partial charge in [0.25, 0.3) is 0 Å². The molecular weight excluding hydrogens is 250 g/mol. The van der Waals surface area contributed by atoms with E-state index < -0.39 is 0 Å². The minimum Gasteiger partial charge on any atom is -0.383 e. The second kappa shape index (κ2) is 7.87. The van der Waals surface area contributed by atoms with E-state index in [-0.39, 0.29) is 0 Å². The smallest absolute Gasteiger partial charge is 0.191 e. The van der Waals surface area contributed by atoms with E-state index >= 15 is 0 Å². The average molecular weight is 281 g/mol. The third-order valence-corrected chi connectivity index (χ3v) is 4.53. The van der Waals surface area contributed by atoms with Crippen molar-refractivity contribution in [3.8, 4) is 0 Å². The second-order valence-corrected chi connectivity index (χ2v) is 6.37. The Balaban J connectivity index is 1.76. The van der Waals surface area contributed by atoms with Crippen LogP contribution in [0.4, 0.5) is 0 Å². The largest absolute Gasteiger partial charge is 0.383 e. The molecule has 3 unspecified atom stereocenters. The van der Waals surface area contributed by atoms with E-state index in [9.17, 15) is 0 Å². The topological polar surface area (TPSA) is 45.7 Å². The Morgan fingerprint density at radius 2 is 2.05 bits per heavy atom. The van der Waals surface area contributed by atoms with Crippen LogP contribution in [0, 0.1) is 11.8 Å². The van der Waals surface area contributed by atoms with Gasteiger partial charge >= 0.3 is 0 Å². The molecule has 2 rings (SSSR count). The number of hydrogen-bond donors (Lipinski definition) is 2. The zero-order chi connectivity index (χ0) is 14.4. The van der Waals surface area contributed by atoms with Gasteiger partial charge in [0, 0.05) is 25.7 Å². The van der Waals surface area contributed by atoms with Crippen LogP contribution in [0.3, 0.4) is 0 Å². The summed E-state index contributed by atoms with van der Waals surface area (Å²) in [4.78, 5) is 4.54. The maximum absolute atomic E-state index is 5.17. The van der Waals surface area contributed by atoms with Crippen molar-refractivity contribution in [2.24, 2.45) is 16.8 Å². The van der Waals surface area contributed by atoms with Crippen molar-refractivity contribution >= 4 is 5.96 Å². The highest BCUT2D eigenvalue weighted by Gasteiger charge is 2.43. The van der Waals surface area contributed by atoms with E-state index in [1.807, 2.05) is 0 Å². The molecule has 2 aliphatic rings. The number of aliphatic imine (C=N–C) groups is 1. The quantitative estimate of drug-likeness (QED) is 0.581. The Kier molecular flexibility index (Phi) is 6.14. The summed E-state index contributed by atoms with van der Waals surface area (Å²) in [5.41, 5.74) is 0. The Morgan fingerprint density at radius 3 is 2.70 bits per heavy atom. The summed E-state index contributed by atoms with van der Waals surface area (Å²) >= 11 is 0. The van der Waals surface area contributed by atoms with Crippen LogP contribution in [0.1, 0.15) is 52.4 Å². The number of ether oxygens (including phenoxy) is 1. The lowest BCUT2D eigenvalue weighted by molar-refractivity contribution is 0.179. The summed E-state index contributed by atoms with van der Waals surface area (Å²) in [6.45, 7) is 5.73. The van der Waals surface area contributed by atoms with Crippen molar-refractivity contribution in [3.05, 3.63) is 0 Å². The van der Waals surface area contributed by atoms with Crippen molar-refractivity contribution in [1.29, 1.82) is 0 Å². The summed E-state index contributed by atoms with van der Waals surface area (Å²) in [7, 11) is 1.74. The van der Waals surface area contributed by atoms with E-state index in [0.29, 0.717) is 18.7 Å². The van der Waals surface area contributed by atoms with Crippen LogP contribution in [0.25, 0.3) is 0 Å². The molecule has 0 spiro atoms. The van der Waals surface area contributed by atoms with Gasteiger partial charge in [-0.1, -0.05) is 32.1 Å². The van der Waals surface area contributed by atoms with Crippen LogP contribution in [0.15, 0.2) is 4.99 Å². The van der Waals surface area contributed by atoms with E-state index in [0.717, 1.165) is 24.3 Å². The number of rotatable bonds is 6. The fourth-order valence-electron chi connectivity index (χ4n) is 3.46. The van der Waals surface area contributed by atoms with E-state index in [2.05, 4.69) is 29.5 Å². The number of hydrogen-bond acceptors (Lipinski definition) is 2. The highest BCUT2D eigenvalue weighted by atomic mass is 16.5. The zero-order valence-corrected chi connectivity index (χ0v) is 13.3. The van der Waals surface area contributed by atoms with Crippen molar-refractivity contribution < 1.29 is 4.74 Å². The molecule has 0 aromatic rings. The van der Waals surface area contributed by atoms with Gasteiger partial charge in [0.2, 0.25) is 0 Å². The molecule has 4 heteroatoms. The molecule has 2 fully saturated rings. The van der Waals surface area contributed by atoms with Gasteiger partial charge in [-0.25, -0.2) is 0 Å². The molecule has 0 heterocycles. The van der Waals surface area contributed by atoms with Crippen LogP contribution < -0.4 is 10.6 Å². The fourth-order valence-corrected chi connectivity index (χ4v) is 3.46. The first kappa shape index (κ1) is 15.6.